The Kier molecular flexibility index (Phi) is 3.73. The molecule has 1 N–H and O–H groups in total. The van der Waals surface area contributed by atoms with Gasteiger partial charge in [0, 0.05) is 13.0 Å². The van der Waals surface area contributed by atoms with E-state index in [1.807, 2.05) is 0 Å². The second-order valence-electron chi connectivity index (χ2n) is 4.19. The third-order valence-corrected chi connectivity index (χ3v) is 2.82. The van der Waals surface area contributed by atoms with Gasteiger partial charge in [0.1, 0.15) is 0 Å². The Morgan fingerprint density at radius 3 is 2.63 bits per heavy atom. The molecule has 1 aliphatic rings. The Hall–Kier alpha value is -2.05. The molecule has 4 nitrogen and oxygen atoms in total. The molecule has 0 aromatic heterocycles. The molecule has 1 heterocycles. The van der Waals surface area contributed by atoms with Gasteiger partial charge in [-0.05, 0) is 18.6 Å². The number of halogens is 3. The van der Waals surface area contributed by atoms with Crippen molar-refractivity contribution in [1.82, 2.24) is 4.90 Å². The molecule has 0 atom stereocenters. The lowest BCUT2D eigenvalue weighted by atomic mass is 10.2. The Morgan fingerprint density at radius 2 is 2.00 bits per heavy atom. The number of anilines is 1. The van der Waals surface area contributed by atoms with Crippen molar-refractivity contribution >= 4 is 17.5 Å². The van der Waals surface area contributed by atoms with Crippen LogP contribution in [0.25, 0.3) is 0 Å². The molecule has 1 saturated heterocycles. The number of hydrogen-bond acceptors (Lipinski definition) is 2. The van der Waals surface area contributed by atoms with Crippen LogP contribution in [-0.2, 0) is 9.59 Å². The highest BCUT2D eigenvalue weighted by molar-refractivity contribution is 5.94. The van der Waals surface area contributed by atoms with Crippen LogP contribution in [0.3, 0.4) is 0 Å². The van der Waals surface area contributed by atoms with Gasteiger partial charge < -0.3 is 10.2 Å². The number of rotatable bonds is 3. The topological polar surface area (TPSA) is 49.4 Å². The third kappa shape index (κ3) is 2.86. The molecule has 0 unspecified atom stereocenters. The van der Waals surface area contributed by atoms with Crippen molar-refractivity contribution in [2.45, 2.75) is 12.8 Å². The Balaban J connectivity index is 2.03. The number of hydrogen-bond donors (Lipinski definition) is 1. The van der Waals surface area contributed by atoms with Crippen LogP contribution in [0.4, 0.5) is 18.9 Å². The van der Waals surface area contributed by atoms with E-state index >= 15 is 0 Å². The Bertz CT molecular complexity index is 534. The van der Waals surface area contributed by atoms with E-state index in [1.165, 1.54) is 4.90 Å². The Labute approximate surface area is 107 Å². The van der Waals surface area contributed by atoms with Gasteiger partial charge in [-0.15, -0.1) is 0 Å². The first-order chi connectivity index (χ1) is 8.99. The predicted molar refractivity (Wildman–Crippen MR) is 60.8 cm³/mol. The van der Waals surface area contributed by atoms with Crippen molar-refractivity contribution in [2.75, 3.05) is 18.4 Å². The van der Waals surface area contributed by atoms with Crippen molar-refractivity contribution in [3.8, 4) is 0 Å². The summed E-state index contributed by atoms with van der Waals surface area (Å²) in [6.45, 7) is 0.240. The van der Waals surface area contributed by atoms with Gasteiger partial charge in [0.15, 0.2) is 17.5 Å². The molecule has 0 saturated carbocycles. The van der Waals surface area contributed by atoms with E-state index in [9.17, 15) is 22.8 Å². The fraction of sp³-hybridized carbons (Fsp3) is 0.333. The number of amides is 2. The lowest BCUT2D eigenvalue weighted by molar-refractivity contribution is -0.131. The zero-order valence-electron chi connectivity index (χ0n) is 9.88. The van der Waals surface area contributed by atoms with Crippen molar-refractivity contribution in [3.63, 3.8) is 0 Å². The molecule has 7 heteroatoms. The van der Waals surface area contributed by atoms with Gasteiger partial charge in [-0.3, -0.25) is 9.59 Å². The minimum absolute atomic E-state index is 0.152. The fourth-order valence-electron chi connectivity index (χ4n) is 1.86. The van der Waals surface area contributed by atoms with Crippen LogP contribution in [0.15, 0.2) is 12.1 Å². The average molecular weight is 272 g/mol. The number of carbonyl (C=O) groups excluding carboxylic acids is 2. The van der Waals surface area contributed by atoms with Gasteiger partial charge in [-0.2, -0.15) is 0 Å². The quantitative estimate of drug-likeness (QED) is 0.851. The molecule has 0 spiro atoms. The normalized spacial score (nSPS) is 14.9. The molecule has 0 bridgehead atoms. The summed E-state index contributed by atoms with van der Waals surface area (Å²) in [4.78, 5) is 24.2. The SMILES string of the molecule is O=C(CN1CCCC1=O)Nc1ccc(F)c(F)c1F. The summed E-state index contributed by atoms with van der Waals surface area (Å²) in [6, 6.07) is 1.65. The van der Waals surface area contributed by atoms with Crippen LogP contribution in [0.2, 0.25) is 0 Å². The van der Waals surface area contributed by atoms with Gasteiger partial charge in [-0.25, -0.2) is 13.2 Å². The van der Waals surface area contributed by atoms with E-state index in [1.54, 1.807) is 0 Å². The summed E-state index contributed by atoms with van der Waals surface area (Å²) in [5, 5.41) is 2.11. The van der Waals surface area contributed by atoms with E-state index in [4.69, 9.17) is 0 Å². The molecule has 2 rings (SSSR count). The standard InChI is InChI=1S/C12H11F3N2O2/c13-7-3-4-8(12(15)11(7)14)16-9(18)6-17-5-1-2-10(17)19/h3-4H,1-2,5-6H2,(H,16,18). The van der Waals surface area contributed by atoms with Gasteiger partial charge >= 0.3 is 0 Å². The monoisotopic (exact) mass is 272 g/mol. The van der Waals surface area contributed by atoms with Crippen molar-refractivity contribution < 1.29 is 22.8 Å². The Morgan fingerprint density at radius 1 is 1.26 bits per heavy atom. The van der Waals surface area contributed by atoms with Crippen molar-refractivity contribution in [2.24, 2.45) is 0 Å². The van der Waals surface area contributed by atoms with Crippen LogP contribution >= 0.6 is 0 Å². The maximum Gasteiger partial charge on any atom is 0.244 e. The second kappa shape index (κ2) is 5.29. The highest BCUT2D eigenvalue weighted by atomic mass is 19.2. The molecule has 2 amide bonds. The molecule has 1 fully saturated rings. The summed E-state index contributed by atoms with van der Waals surface area (Å²) in [5.41, 5.74) is -0.449. The van der Waals surface area contributed by atoms with Crippen molar-refractivity contribution in [3.05, 3.63) is 29.6 Å². The van der Waals surface area contributed by atoms with Crippen LogP contribution in [0.5, 0.6) is 0 Å². The fourth-order valence-corrected chi connectivity index (χ4v) is 1.86. The van der Waals surface area contributed by atoms with Gasteiger partial charge in [0.25, 0.3) is 0 Å². The van der Waals surface area contributed by atoms with E-state index in [-0.39, 0.29) is 12.5 Å². The number of likely N-dealkylation sites (tertiary alicyclic amines) is 1. The van der Waals surface area contributed by atoms with E-state index in [0.717, 1.165) is 12.1 Å². The lowest BCUT2D eigenvalue weighted by Gasteiger charge is -2.15. The molecule has 1 aromatic rings. The summed E-state index contributed by atoms with van der Waals surface area (Å²) in [7, 11) is 0. The third-order valence-electron chi connectivity index (χ3n) is 2.82. The van der Waals surface area contributed by atoms with Crippen molar-refractivity contribution in [1.29, 1.82) is 0 Å². The highest BCUT2D eigenvalue weighted by Gasteiger charge is 2.23. The molecular weight excluding hydrogens is 261 g/mol. The van der Waals surface area contributed by atoms with Gasteiger partial charge in [-0.1, -0.05) is 0 Å². The van der Waals surface area contributed by atoms with E-state index in [0.29, 0.717) is 19.4 Å². The molecule has 1 aromatic carbocycles. The maximum absolute atomic E-state index is 13.3. The average Bonchev–Trinajstić information content (AvgIpc) is 2.76. The summed E-state index contributed by atoms with van der Waals surface area (Å²) in [6.07, 6.45) is 1.05. The zero-order valence-corrected chi connectivity index (χ0v) is 9.88. The van der Waals surface area contributed by atoms with E-state index in [2.05, 4.69) is 5.32 Å². The predicted octanol–water partition coefficient (Wildman–Crippen LogP) is 1.66. The lowest BCUT2D eigenvalue weighted by Crippen LogP contribution is -2.34. The first-order valence-corrected chi connectivity index (χ1v) is 5.70. The minimum atomic E-state index is -1.64. The smallest absolute Gasteiger partial charge is 0.244 e. The number of carbonyl (C=O) groups is 2. The number of benzene rings is 1. The van der Waals surface area contributed by atoms with E-state index < -0.39 is 29.0 Å². The molecular formula is C12H11F3N2O2. The first-order valence-electron chi connectivity index (χ1n) is 5.70. The largest absolute Gasteiger partial charge is 0.333 e. The first kappa shape index (κ1) is 13.4. The minimum Gasteiger partial charge on any atom is -0.333 e. The second-order valence-corrected chi connectivity index (χ2v) is 4.19. The number of nitrogens with zero attached hydrogens (tertiary/aromatic N) is 1. The van der Waals surface area contributed by atoms with Crippen LogP contribution in [-0.4, -0.2) is 29.8 Å². The summed E-state index contributed by atoms with van der Waals surface area (Å²) >= 11 is 0. The molecule has 102 valence electrons. The summed E-state index contributed by atoms with van der Waals surface area (Å²) < 4.78 is 38.9. The van der Waals surface area contributed by atoms with Gasteiger partial charge in [0.2, 0.25) is 11.8 Å². The number of nitrogens with one attached hydrogen (secondary N) is 1. The zero-order chi connectivity index (χ0) is 14.0. The molecule has 0 radical (unpaired) electrons. The maximum atomic E-state index is 13.3. The molecule has 1 aliphatic heterocycles. The van der Waals surface area contributed by atoms with Gasteiger partial charge in [0.05, 0.1) is 12.2 Å². The van der Waals surface area contributed by atoms with Crippen LogP contribution < -0.4 is 5.32 Å². The highest BCUT2D eigenvalue weighted by Crippen LogP contribution is 2.19. The van der Waals surface area contributed by atoms with Crippen LogP contribution in [0, 0.1) is 17.5 Å². The molecule has 19 heavy (non-hydrogen) atoms. The van der Waals surface area contributed by atoms with Crippen LogP contribution in [0.1, 0.15) is 12.8 Å². The summed E-state index contributed by atoms with van der Waals surface area (Å²) in [5.74, 6) is -5.23. The molecule has 0 aliphatic carbocycles.